The minimum atomic E-state index is -0.891. The van der Waals surface area contributed by atoms with Crippen LogP contribution in [-0.2, 0) is 4.79 Å². The van der Waals surface area contributed by atoms with Gasteiger partial charge in [-0.1, -0.05) is 176 Å². The first-order valence-electron chi connectivity index (χ1n) is 20.8. The highest BCUT2D eigenvalue weighted by Gasteiger charge is 2.17. The minimum Gasteiger partial charge on any atom is -0.394 e. The summed E-state index contributed by atoms with van der Waals surface area (Å²) in [6.45, 7) is 4.15. The lowest BCUT2D eigenvalue weighted by Crippen LogP contribution is -2.45. The van der Waals surface area contributed by atoms with Crippen molar-refractivity contribution >= 4 is 5.91 Å². The van der Waals surface area contributed by atoms with E-state index in [4.69, 9.17) is 0 Å². The molecular formula is C46H79NO3. The second-order valence-electron chi connectivity index (χ2n) is 13.7. The summed E-state index contributed by atoms with van der Waals surface area (Å²) in [5, 5.41) is 22.9. The summed E-state index contributed by atoms with van der Waals surface area (Å²) < 4.78 is 0. The van der Waals surface area contributed by atoms with Crippen LogP contribution in [0.15, 0.2) is 85.1 Å². The van der Waals surface area contributed by atoms with Crippen LogP contribution in [0, 0.1) is 0 Å². The lowest BCUT2D eigenvalue weighted by Gasteiger charge is -2.19. The Morgan fingerprint density at radius 2 is 0.900 bits per heavy atom. The Morgan fingerprint density at radius 3 is 1.40 bits per heavy atom. The van der Waals surface area contributed by atoms with Gasteiger partial charge in [-0.2, -0.15) is 0 Å². The summed E-state index contributed by atoms with van der Waals surface area (Å²) in [5.74, 6) is -0.122. The van der Waals surface area contributed by atoms with E-state index in [-0.39, 0.29) is 12.5 Å². The molecule has 0 spiro atoms. The van der Waals surface area contributed by atoms with E-state index in [1.54, 1.807) is 6.08 Å². The molecule has 4 nitrogen and oxygen atoms in total. The zero-order valence-electron chi connectivity index (χ0n) is 32.6. The van der Waals surface area contributed by atoms with Gasteiger partial charge in [0.2, 0.25) is 5.91 Å². The Morgan fingerprint density at radius 1 is 0.500 bits per heavy atom. The van der Waals surface area contributed by atoms with Crippen molar-refractivity contribution in [1.82, 2.24) is 5.32 Å². The molecular weight excluding hydrogens is 615 g/mol. The third-order valence-electron chi connectivity index (χ3n) is 8.84. The monoisotopic (exact) mass is 694 g/mol. The number of hydrogen-bond acceptors (Lipinski definition) is 3. The van der Waals surface area contributed by atoms with Crippen LogP contribution in [0.4, 0.5) is 0 Å². The molecule has 0 bridgehead atoms. The van der Waals surface area contributed by atoms with Gasteiger partial charge in [0.1, 0.15) is 0 Å². The highest BCUT2D eigenvalue weighted by molar-refractivity contribution is 5.76. The third kappa shape index (κ3) is 36.8. The van der Waals surface area contributed by atoms with Crippen molar-refractivity contribution in [2.45, 2.75) is 193 Å². The maximum Gasteiger partial charge on any atom is 0.220 e. The molecule has 2 unspecified atom stereocenters. The van der Waals surface area contributed by atoms with Crippen LogP contribution in [0.1, 0.15) is 181 Å². The molecule has 2 atom stereocenters. The van der Waals surface area contributed by atoms with Gasteiger partial charge < -0.3 is 15.5 Å². The van der Waals surface area contributed by atoms with Gasteiger partial charge in [0.25, 0.3) is 0 Å². The van der Waals surface area contributed by atoms with Crippen molar-refractivity contribution in [3.63, 3.8) is 0 Å². The fraction of sp³-hybridized carbons (Fsp3) is 0.674. The predicted octanol–water partition coefficient (Wildman–Crippen LogP) is 12.9. The number of hydrogen-bond donors (Lipinski definition) is 3. The fourth-order valence-corrected chi connectivity index (χ4v) is 5.67. The Kier molecular flexibility index (Phi) is 39.0. The van der Waals surface area contributed by atoms with E-state index in [0.717, 1.165) is 70.6 Å². The average Bonchev–Trinajstić information content (AvgIpc) is 3.12. The number of carbonyl (C=O) groups is 1. The van der Waals surface area contributed by atoms with E-state index in [1.807, 2.05) is 6.08 Å². The summed E-state index contributed by atoms with van der Waals surface area (Å²) in [7, 11) is 0. The first-order chi connectivity index (χ1) is 24.7. The smallest absolute Gasteiger partial charge is 0.220 e. The largest absolute Gasteiger partial charge is 0.394 e. The maximum atomic E-state index is 12.3. The van der Waals surface area contributed by atoms with Gasteiger partial charge in [-0.25, -0.2) is 0 Å². The summed E-state index contributed by atoms with van der Waals surface area (Å²) in [4.78, 5) is 12.3. The topological polar surface area (TPSA) is 69.6 Å². The van der Waals surface area contributed by atoms with E-state index < -0.39 is 12.1 Å². The maximum absolute atomic E-state index is 12.3. The van der Waals surface area contributed by atoms with Crippen molar-refractivity contribution in [3.8, 4) is 0 Å². The molecule has 3 N–H and O–H groups in total. The van der Waals surface area contributed by atoms with Crippen LogP contribution in [0.2, 0.25) is 0 Å². The van der Waals surface area contributed by atoms with Gasteiger partial charge in [0, 0.05) is 6.42 Å². The number of nitrogens with one attached hydrogen (secondary N) is 1. The number of unbranched alkanes of at least 4 members (excludes halogenated alkanes) is 17. The highest BCUT2D eigenvalue weighted by Crippen LogP contribution is 2.13. The van der Waals surface area contributed by atoms with Crippen molar-refractivity contribution in [2.75, 3.05) is 6.61 Å². The molecule has 0 heterocycles. The molecule has 0 aliphatic heterocycles. The van der Waals surface area contributed by atoms with Crippen LogP contribution in [0.3, 0.4) is 0 Å². The molecule has 0 saturated heterocycles. The van der Waals surface area contributed by atoms with Crippen LogP contribution in [0.25, 0.3) is 0 Å². The normalized spacial score (nSPS) is 13.9. The van der Waals surface area contributed by atoms with Gasteiger partial charge >= 0.3 is 0 Å². The van der Waals surface area contributed by atoms with Crippen molar-refractivity contribution in [1.29, 1.82) is 0 Å². The van der Waals surface area contributed by atoms with E-state index in [1.165, 1.54) is 89.9 Å². The SMILES string of the molecule is CC/C=C\C/C=C\C/C=C\C/C=C\CCCCC(=O)NC(CO)C(O)/C=C/CC/C=C/CC/C=C/CCCCCCCCCCCCCCC. The molecule has 0 aliphatic carbocycles. The van der Waals surface area contributed by atoms with E-state index in [2.05, 4.69) is 92.1 Å². The quantitative estimate of drug-likeness (QED) is 0.0452. The zero-order chi connectivity index (χ0) is 36.4. The van der Waals surface area contributed by atoms with Crippen LogP contribution < -0.4 is 5.32 Å². The molecule has 50 heavy (non-hydrogen) atoms. The summed E-state index contributed by atoms with van der Waals surface area (Å²) in [6, 6.07) is -0.671. The van der Waals surface area contributed by atoms with Crippen molar-refractivity contribution in [3.05, 3.63) is 85.1 Å². The molecule has 0 aromatic heterocycles. The number of allylic oxidation sites excluding steroid dienone is 13. The Balaban J connectivity index is 3.74. The highest BCUT2D eigenvalue weighted by atomic mass is 16.3. The number of aliphatic hydroxyl groups excluding tert-OH is 2. The second kappa shape index (κ2) is 41.0. The van der Waals surface area contributed by atoms with E-state index >= 15 is 0 Å². The number of amides is 1. The lowest BCUT2D eigenvalue weighted by atomic mass is 10.0. The van der Waals surface area contributed by atoms with E-state index in [9.17, 15) is 15.0 Å². The number of aliphatic hydroxyl groups is 2. The van der Waals surface area contributed by atoms with Crippen molar-refractivity contribution in [2.24, 2.45) is 0 Å². The number of rotatable bonds is 36. The fourth-order valence-electron chi connectivity index (χ4n) is 5.67. The molecule has 4 heteroatoms. The van der Waals surface area contributed by atoms with Crippen molar-refractivity contribution < 1.29 is 15.0 Å². The van der Waals surface area contributed by atoms with Crippen LogP contribution in [0.5, 0.6) is 0 Å². The zero-order valence-corrected chi connectivity index (χ0v) is 32.6. The minimum absolute atomic E-state index is 0.122. The average molecular weight is 694 g/mol. The predicted molar refractivity (Wildman–Crippen MR) is 220 cm³/mol. The van der Waals surface area contributed by atoms with E-state index in [0.29, 0.717) is 6.42 Å². The Hall–Kier alpha value is -2.43. The molecule has 0 aromatic rings. The molecule has 0 aromatic carbocycles. The van der Waals surface area contributed by atoms with Gasteiger partial charge in [0.05, 0.1) is 18.8 Å². The van der Waals surface area contributed by atoms with Gasteiger partial charge in [-0.3, -0.25) is 4.79 Å². The summed E-state index contributed by atoms with van der Waals surface area (Å²) in [5.41, 5.74) is 0. The third-order valence-corrected chi connectivity index (χ3v) is 8.84. The molecule has 0 aliphatic rings. The Labute approximate surface area is 310 Å². The van der Waals surface area contributed by atoms with Crippen LogP contribution in [-0.4, -0.2) is 34.9 Å². The molecule has 0 rings (SSSR count). The Bertz CT molecular complexity index is 926. The van der Waals surface area contributed by atoms with Gasteiger partial charge in [0.15, 0.2) is 0 Å². The van der Waals surface area contributed by atoms with Gasteiger partial charge in [-0.05, 0) is 83.5 Å². The molecule has 0 saturated carbocycles. The first kappa shape index (κ1) is 47.6. The molecule has 1 amide bonds. The summed E-state index contributed by atoms with van der Waals surface area (Å²) >= 11 is 0. The standard InChI is InChI=1S/C46H79NO3/c1-3-5-7-9-11-13-15-17-19-20-21-22-23-24-25-26-28-29-31-33-35-37-39-41-45(49)44(43-48)47-46(50)42-40-38-36-34-32-30-27-18-16-14-12-10-8-6-4-2/h6,8,12,14,18,25-27,31-34,39,41,44-45,48-49H,3-5,7,9-11,13,15-17,19-24,28-30,35-38,40,42-43H2,1-2H3,(H,47,50)/b8-6-,14-12-,26-25+,27-18-,33-31+,34-32-,41-39+. The van der Waals surface area contributed by atoms with Gasteiger partial charge in [-0.15, -0.1) is 0 Å². The second-order valence-corrected chi connectivity index (χ2v) is 13.7. The molecule has 0 fully saturated rings. The number of carbonyl (C=O) groups excluding carboxylic acids is 1. The van der Waals surface area contributed by atoms with Crippen LogP contribution >= 0.6 is 0 Å². The molecule has 286 valence electrons. The first-order valence-corrected chi connectivity index (χ1v) is 20.8. The molecule has 0 radical (unpaired) electrons. The lowest BCUT2D eigenvalue weighted by molar-refractivity contribution is -0.123. The summed E-state index contributed by atoms with van der Waals surface area (Å²) in [6.07, 6.45) is 59.8.